The minimum absolute atomic E-state index is 0.0669. The molecule has 0 amide bonds. The first kappa shape index (κ1) is 14.8. The summed E-state index contributed by atoms with van der Waals surface area (Å²) >= 11 is 1.43. The largest absolute Gasteiger partial charge is 0.478 e. The fourth-order valence-corrected chi connectivity index (χ4v) is 4.15. The number of aromatic nitrogens is 1. The topological polar surface area (TPSA) is 59.3 Å². The molecule has 0 aliphatic carbocycles. The van der Waals surface area contributed by atoms with E-state index in [1.807, 2.05) is 11.4 Å². The number of rotatable bonds is 2. The monoisotopic (exact) mass is 341 g/mol. The molecule has 3 heterocycles. The van der Waals surface area contributed by atoms with Crippen LogP contribution in [0.4, 0.5) is 4.39 Å². The highest BCUT2D eigenvalue weighted by Crippen LogP contribution is 2.36. The Labute approximate surface area is 140 Å². The molecule has 3 aromatic rings. The van der Waals surface area contributed by atoms with Crippen LogP contribution in [0.5, 0.6) is 0 Å². The number of benzene rings is 1. The van der Waals surface area contributed by atoms with Crippen LogP contribution < -0.4 is 5.56 Å². The standard InChI is InChI=1S/C18H12FNO3S/c19-12-3-1-2-11(8-12)13-9-14(18(22)23)15-16-10(5-7-24-16)4-6-20(15)17(13)21/h1-3,5,7-9H,4,6H2,(H,22,23). The number of pyridine rings is 1. The molecule has 0 fully saturated rings. The van der Waals surface area contributed by atoms with E-state index in [0.717, 1.165) is 10.4 Å². The number of halogens is 1. The predicted molar refractivity (Wildman–Crippen MR) is 90.1 cm³/mol. The lowest BCUT2D eigenvalue weighted by Gasteiger charge is -2.22. The van der Waals surface area contributed by atoms with Gasteiger partial charge in [0, 0.05) is 12.1 Å². The van der Waals surface area contributed by atoms with Gasteiger partial charge in [-0.25, -0.2) is 9.18 Å². The van der Waals surface area contributed by atoms with Crippen molar-refractivity contribution in [1.29, 1.82) is 0 Å². The number of fused-ring (bicyclic) bond motifs is 3. The van der Waals surface area contributed by atoms with E-state index in [0.29, 0.717) is 24.2 Å². The maximum absolute atomic E-state index is 13.5. The Balaban J connectivity index is 2.06. The number of hydrogen-bond acceptors (Lipinski definition) is 3. The molecule has 1 aromatic carbocycles. The van der Waals surface area contributed by atoms with E-state index in [1.165, 1.54) is 40.2 Å². The van der Waals surface area contributed by atoms with Crippen molar-refractivity contribution in [3.63, 3.8) is 0 Å². The molecule has 1 N–H and O–H groups in total. The first-order valence-electron chi connectivity index (χ1n) is 7.40. The van der Waals surface area contributed by atoms with Crippen molar-refractivity contribution >= 4 is 17.3 Å². The van der Waals surface area contributed by atoms with Crippen molar-refractivity contribution in [1.82, 2.24) is 4.57 Å². The number of thiophene rings is 1. The second kappa shape index (κ2) is 5.42. The Kier molecular flexibility index (Phi) is 3.35. The second-order valence-electron chi connectivity index (χ2n) is 5.62. The molecule has 0 saturated heterocycles. The van der Waals surface area contributed by atoms with Gasteiger partial charge in [0.1, 0.15) is 5.82 Å². The molecule has 0 atom stereocenters. The van der Waals surface area contributed by atoms with Gasteiger partial charge >= 0.3 is 5.97 Å². The molecule has 0 saturated carbocycles. The van der Waals surface area contributed by atoms with Crippen LogP contribution in [0, 0.1) is 5.82 Å². The molecule has 4 rings (SSSR count). The predicted octanol–water partition coefficient (Wildman–Crippen LogP) is 3.64. The van der Waals surface area contributed by atoms with Crippen LogP contribution in [0.2, 0.25) is 0 Å². The number of nitrogens with zero attached hydrogens (tertiary/aromatic N) is 1. The lowest BCUT2D eigenvalue weighted by atomic mass is 9.98. The molecule has 6 heteroatoms. The molecule has 0 radical (unpaired) electrons. The quantitative estimate of drug-likeness (QED) is 0.774. The maximum Gasteiger partial charge on any atom is 0.337 e. The van der Waals surface area contributed by atoms with Crippen molar-refractivity contribution in [2.24, 2.45) is 0 Å². The number of carboxylic acid groups (broad SMARTS) is 1. The molecule has 0 spiro atoms. The Hall–Kier alpha value is -2.73. The minimum Gasteiger partial charge on any atom is -0.478 e. The van der Waals surface area contributed by atoms with Gasteiger partial charge in [0.15, 0.2) is 0 Å². The average molecular weight is 341 g/mol. The van der Waals surface area contributed by atoms with Gasteiger partial charge in [-0.1, -0.05) is 12.1 Å². The summed E-state index contributed by atoms with van der Waals surface area (Å²) in [5.41, 5.74) is 1.87. The Morgan fingerprint density at radius 2 is 2.08 bits per heavy atom. The van der Waals surface area contributed by atoms with Crippen LogP contribution in [0.1, 0.15) is 15.9 Å². The van der Waals surface area contributed by atoms with E-state index in [4.69, 9.17) is 0 Å². The zero-order valence-corrected chi connectivity index (χ0v) is 13.3. The average Bonchev–Trinajstić information content (AvgIpc) is 3.03. The number of aryl methyl sites for hydroxylation is 1. The SMILES string of the molecule is O=C(O)c1cc(-c2cccc(F)c2)c(=O)n2c1-c1sccc1CC2. The number of hydrogen-bond donors (Lipinski definition) is 1. The van der Waals surface area contributed by atoms with Gasteiger partial charge in [0.2, 0.25) is 0 Å². The Morgan fingerprint density at radius 1 is 1.25 bits per heavy atom. The van der Waals surface area contributed by atoms with Crippen molar-refractivity contribution < 1.29 is 14.3 Å². The van der Waals surface area contributed by atoms with Gasteiger partial charge in [-0.15, -0.1) is 11.3 Å². The molecular formula is C18H12FNO3S. The highest BCUT2D eigenvalue weighted by Gasteiger charge is 2.26. The molecule has 24 heavy (non-hydrogen) atoms. The highest BCUT2D eigenvalue weighted by molar-refractivity contribution is 7.13. The number of carbonyl (C=O) groups is 1. The fourth-order valence-electron chi connectivity index (χ4n) is 3.12. The number of carboxylic acids is 1. The molecule has 2 aromatic heterocycles. The molecule has 0 bridgehead atoms. The van der Waals surface area contributed by atoms with E-state index >= 15 is 0 Å². The fraction of sp³-hybridized carbons (Fsp3) is 0.111. The zero-order valence-electron chi connectivity index (χ0n) is 12.5. The lowest BCUT2D eigenvalue weighted by molar-refractivity contribution is 0.0697. The van der Waals surface area contributed by atoms with E-state index in [-0.39, 0.29) is 16.7 Å². The third-order valence-electron chi connectivity index (χ3n) is 4.22. The number of aromatic carboxylic acids is 1. The van der Waals surface area contributed by atoms with Gasteiger partial charge in [-0.3, -0.25) is 4.79 Å². The van der Waals surface area contributed by atoms with Crippen molar-refractivity contribution in [2.45, 2.75) is 13.0 Å². The first-order chi connectivity index (χ1) is 11.6. The smallest absolute Gasteiger partial charge is 0.337 e. The lowest BCUT2D eigenvalue weighted by Crippen LogP contribution is -2.29. The van der Waals surface area contributed by atoms with Crippen LogP contribution in [0.15, 0.2) is 46.6 Å². The molecule has 0 unspecified atom stereocenters. The molecule has 1 aliphatic rings. The van der Waals surface area contributed by atoms with Crippen molar-refractivity contribution in [2.75, 3.05) is 0 Å². The van der Waals surface area contributed by atoms with Crippen LogP contribution in [0.3, 0.4) is 0 Å². The van der Waals surface area contributed by atoms with E-state index < -0.39 is 11.8 Å². The normalized spacial score (nSPS) is 12.5. The van der Waals surface area contributed by atoms with Crippen LogP contribution in [-0.4, -0.2) is 15.6 Å². The van der Waals surface area contributed by atoms with E-state index in [2.05, 4.69) is 0 Å². The zero-order chi connectivity index (χ0) is 16.8. The Bertz CT molecular complexity index is 1030. The highest BCUT2D eigenvalue weighted by atomic mass is 32.1. The molecule has 120 valence electrons. The summed E-state index contributed by atoms with van der Waals surface area (Å²) in [4.78, 5) is 25.5. The van der Waals surface area contributed by atoms with Gasteiger partial charge in [0.05, 0.1) is 16.1 Å². The summed E-state index contributed by atoms with van der Waals surface area (Å²) < 4.78 is 15.0. The van der Waals surface area contributed by atoms with Gasteiger partial charge in [-0.2, -0.15) is 0 Å². The van der Waals surface area contributed by atoms with Crippen LogP contribution >= 0.6 is 11.3 Å². The van der Waals surface area contributed by atoms with Crippen molar-refractivity contribution in [3.8, 4) is 21.7 Å². The van der Waals surface area contributed by atoms with E-state index in [1.54, 1.807) is 6.07 Å². The summed E-state index contributed by atoms with van der Waals surface area (Å²) in [5.74, 6) is -1.57. The summed E-state index contributed by atoms with van der Waals surface area (Å²) in [6.07, 6.45) is 0.678. The van der Waals surface area contributed by atoms with E-state index in [9.17, 15) is 19.1 Å². The summed E-state index contributed by atoms with van der Waals surface area (Å²) in [6, 6.07) is 8.97. The van der Waals surface area contributed by atoms with Crippen LogP contribution in [0.25, 0.3) is 21.7 Å². The maximum atomic E-state index is 13.5. The first-order valence-corrected chi connectivity index (χ1v) is 8.28. The third kappa shape index (κ3) is 2.18. The van der Waals surface area contributed by atoms with Gasteiger partial charge in [-0.05, 0) is 47.2 Å². The molecule has 1 aliphatic heterocycles. The summed E-state index contributed by atoms with van der Waals surface area (Å²) in [6.45, 7) is 0.418. The second-order valence-corrected chi connectivity index (χ2v) is 6.53. The Morgan fingerprint density at radius 3 is 2.83 bits per heavy atom. The van der Waals surface area contributed by atoms with Gasteiger partial charge < -0.3 is 9.67 Å². The summed E-state index contributed by atoms with van der Waals surface area (Å²) in [7, 11) is 0. The minimum atomic E-state index is -1.10. The van der Waals surface area contributed by atoms with Crippen molar-refractivity contribution in [3.05, 3.63) is 69.1 Å². The molecule has 4 nitrogen and oxygen atoms in total. The van der Waals surface area contributed by atoms with Gasteiger partial charge in [0.25, 0.3) is 5.56 Å². The molecular weight excluding hydrogens is 329 g/mol. The summed E-state index contributed by atoms with van der Waals surface area (Å²) in [5, 5.41) is 11.5. The third-order valence-corrected chi connectivity index (χ3v) is 5.19. The van der Waals surface area contributed by atoms with Crippen LogP contribution in [-0.2, 0) is 13.0 Å².